The molecule has 3 rings (SSSR count). The van der Waals surface area contributed by atoms with E-state index in [2.05, 4.69) is 17.0 Å². The van der Waals surface area contributed by atoms with E-state index in [0.717, 1.165) is 37.3 Å². The third kappa shape index (κ3) is 6.08. The Kier molecular flexibility index (Phi) is 7.46. The molecule has 0 N–H and O–H groups in total. The van der Waals surface area contributed by atoms with Gasteiger partial charge in [0, 0.05) is 31.8 Å². The predicted molar refractivity (Wildman–Crippen MR) is 111 cm³/mol. The second-order valence-corrected chi connectivity index (χ2v) is 7.49. The van der Waals surface area contributed by atoms with Crippen molar-refractivity contribution in [3.8, 4) is 5.75 Å². The van der Waals surface area contributed by atoms with Gasteiger partial charge in [0.05, 0.1) is 6.10 Å². The van der Waals surface area contributed by atoms with Crippen LogP contribution in [0, 0.1) is 0 Å². The fourth-order valence-electron chi connectivity index (χ4n) is 3.22. The first-order valence-electron chi connectivity index (χ1n) is 9.94. The summed E-state index contributed by atoms with van der Waals surface area (Å²) in [6.07, 6.45) is 2.34. The third-order valence-electron chi connectivity index (χ3n) is 4.88. The largest absolute Gasteiger partial charge is 0.491 e. The first-order chi connectivity index (χ1) is 13.6. The molecule has 2 aromatic carbocycles. The number of likely N-dealkylation sites (N-methyl/N-ethyl adjacent to an activating group) is 1. The van der Waals surface area contributed by atoms with Crippen LogP contribution < -0.4 is 4.74 Å². The maximum Gasteiger partial charge on any atom is 0.254 e. The summed E-state index contributed by atoms with van der Waals surface area (Å²) in [4.78, 5) is 17.1. The van der Waals surface area contributed by atoms with E-state index in [0.29, 0.717) is 25.3 Å². The average Bonchev–Trinajstić information content (AvgIpc) is 3.24. The summed E-state index contributed by atoms with van der Waals surface area (Å²) in [6.45, 7) is 3.49. The lowest BCUT2D eigenvalue weighted by Crippen LogP contribution is -2.36. The SMILES string of the molecule is CN(C)CCN(Cc1ccccc1)C(=O)c1ccc(OCC2CCCO2)cc1. The Labute approximate surface area is 167 Å². The molecule has 5 nitrogen and oxygen atoms in total. The van der Waals surface area contributed by atoms with Crippen molar-refractivity contribution in [3.05, 3.63) is 65.7 Å². The van der Waals surface area contributed by atoms with E-state index in [-0.39, 0.29) is 12.0 Å². The topological polar surface area (TPSA) is 42.0 Å². The Balaban J connectivity index is 1.63. The minimum Gasteiger partial charge on any atom is -0.491 e. The number of carbonyl (C=O) groups is 1. The lowest BCUT2D eigenvalue weighted by atomic mass is 10.1. The summed E-state index contributed by atoms with van der Waals surface area (Å²) >= 11 is 0. The molecule has 1 unspecified atom stereocenters. The molecule has 0 radical (unpaired) electrons. The first-order valence-corrected chi connectivity index (χ1v) is 9.94. The number of nitrogens with zero attached hydrogens (tertiary/aromatic N) is 2. The molecule has 1 aliphatic heterocycles. The Morgan fingerprint density at radius 1 is 1.07 bits per heavy atom. The van der Waals surface area contributed by atoms with Crippen molar-refractivity contribution in [2.75, 3.05) is 40.4 Å². The molecule has 2 aromatic rings. The first kappa shape index (κ1) is 20.4. The fraction of sp³-hybridized carbons (Fsp3) is 0.435. The fourth-order valence-corrected chi connectivity index (χ4v) is 3.22. The zero-order valence-electron chi connectivity index (χ0n) is 16.8. The van der Waals surface area contributed by atoms with Gasteiger partial charge in [-0.2, -0.15) is 0 Å². The minimum atomic E-state index is 0.0383. The van der Waals surface area contributed by atoms with Crippen molar-refractivity contribution in [1.82, 2.24) is 9.80 Å². The van der Waals surface area contributed by atoms with Crippen molar-refractivity contribution in [1.29, 1.82) is 0 Å². The van der Waals surface area contributed by atoms with Gasteiger partial charge in [-0.25, -0.2) is 0 Å². The molecule has 0 saturated carbocycles. The van der Waals surface area contributed by atoms with Crippen LogP contribution in [0.25, 0.3) is 0 Å². The number of rotatable bonds is 9. The minimum absolute atomic E-state index is 0.0383. The van der Waals surface area contributed by atoms with Crippen LogP contribution in [0.1, 0.15) is 28.8 Å². The maximum absolute atomic E-state index is 13.1. The van der Waals surface area contributed by atoms with Crippen LogP contribution in [0.2, 0.25) is 0 Å². The Hall–Kier alpha value is -2.37. The van der Waals surface area contributed by atoms with Crippen molar-refractivity contribution in [3.63, 3.8) is 0 Å². The standard InChI is InChI=1S/C23H30N2O3/c1-24(2)14-15-25(17-19-7-4-3-5-8-19)23(26)20-10-12-21(13-11-20)28-18-22-9-6-16-27-22/h3-5,7-8,10-13,22H,6,9,14-18H2,1-2H3. The Morgan fingerprint density at radius 2 is 1.82 bits per heavy atom. The van der Waals surface area contributed by atoms with Gasteiger partial charge in [-0.1, -0.05) is 30.3 Å². The maximum atomic E-state index is 13.1. The highest BCUT2D eigenvalue weighted by Crippen LogP contribution is 2.18. The smallest absolute Gasteiger partial charge is 0.254 e. The quantitative estimate of drug-likeness (QED) is 0.666. The summed E-state index contributed by atoms with van der Waals surface area (Å²) in [6, 6.07) is 17.5. The van der Waals surface area contributed by atoms with Gasteiger partial charge in [0.15, 0.2) is 0 Å². The van der Waals surface area contributed by atoms with Gasteiger partial charge >= 0.3 is 0 Å². The summed E-state index contributed by atoms with van der Waals surface area (Å²) in [5.41, 5.74) is 1.81. The van der Waals surface area contributed by atoms with E-state index in [9.17, 15) is 4.79 Å². The summed E-state index contributed by atoms with van der Waals surface area (Å²) in [7, 11) is 4.04. The van der Waals surface area contributed by atoms with Gasteiger partial charge in [0.25, 0.3) is 5.91 Å². The van der Waals surface area contributed by atoms with E-state index in [4.69, 9.17) is 9.47 Å². The second-order valence-electron chi connectivity index (χ2n) is 7.49. The van der Waals surface area contributed by atoms with Crippen LogP contribution >= 0.6 is 0 Å². The number of ether oxygens (including phenoxy) is 2. The van der Waals surface area contributed by atoms with Crippen LogP contribution in [0.5, 0.6) is 5.75 Å². The van der Waals surface area contributed by atoms with Gasteiger partial charge in [-0.05, 0) is 56.8 Å². The van der Waals surface area contributed by atoms with Crippen LogP contribution in [0.3, 0.4) is 0 Å². The molecule has 1 atom stereocenters. The predicted octanol–water partition coefficient (Wildman–Crippen LogP) is 3.45. The van der Waals surface area contributed by atoms with Gasteiger partial charge in [-0.3, -0.25) is 4.79 Å². The van der Waals surface area contributed by atoms with E-state index >= 15 is 0 Å². The van der Waals surface area contributed by atoms with Crippen molar-refractivity contribution < 1.29 is 14.3 Å². The zero-order valence-corrected chi connectivity index (χ0v) is 16.8. The molecule has 5 heteroatoms. The highest BCUT2D eigenvalue weighted by atomic mass is 16.5. The van der Waals surface area contributed by atoms with E-state index < -0.39 is 0 Å². The molecule has 0 spiro atoms. The summed E-state index contributed by atoms with van der Waals surface area (Å²) < 4.78 is 11.4. The van der Waals surface area contributed by atoms with Crippen molar-refractivity contribution >= 4 is 5.91 Å². The van der Waals surface area contributed by atoms with Crippen LogP contribution in [-0.2, 0) is 11.3 Å². The molecule has 1 aliphatic rings. The van der Waals surface area contributed by atoms with E-state index in [1.54, 1.807) is 0 Å². The Bertz CT molecular complexity index is 725. The molecule has 150 valence electrons. The molecule has 0 aliphatic carbocycles. The average molecular weight is 383 g/mol. The van der Waals surface area contributed by atoms with Crippen LogP contribution in [0.15, 0.2) is 54.6 Å². The lowest BCUT2D eigenvalue weighted by Gasteiger charge is -2.25. The molecule has 1 heterocycles. The number of hydrogen-bond acceptors (Lipinski definition) is 4. The number of amides is 1. The Morgan fingerprint density at radius 3 is 2.46 bits per heavy atom. The van der Waals surface area contributed by atoms with Crippen molar-refractivity contribution in [2.45, 2.75) is 25.5 Å². The summed E-state index contributed by atoms with van der Waals surface area (Å²) in [5, 5.41) is 0. The van der Waals surface area contributed by atoms with E-state index in [1.165, 1.54) is 0 Å². The van der Waals surface area contributed by atoms with Crippen LogP contribution in [-0.4, -0.2) is 62.2 Å². The molecule has 0 bridgehead atoms. The van der Waals surface area contributed by atoms with Gasteiger partial charge < -0.3 is 19.3 Å². The second kappa shape index (κ2) is 10.2. The molecule has 1 fully saturated rings. The van der Waals surface area contributed by atoms with Crippen LogP contribution in [0.4, 0.5) is 0 Å². The third-order valence-corrected chi connectivity index (χ3v) is 4.88. The molecule has 0 aromatic heterocycles. The molecule has 1 amide bonds. The zero-order chi connectivity index (χ0) is 19.8. The molecule has 28 heavy (non-hydrogen) atoms. The van der Waals surface area contributed by atoms with E-state index in [1.807, 2.05) is 61.5 Å². The van der Waals surface area contributed by atoms with Gasteiger partial charge in [0.2, 0.25) is 0 Å². The highest BCUT2D eigenvalue weighted by molar-refractivity contribution is 5.94. The number of carbonyl (C=O) groups excluding carboxylic acids is 1. The monoisotopic (exact) mass is 382 g/mol. The van der Waals surface area contributed by atoms with Gasteiger partial charge in [-0.15, -0.1) is 0 Å². The highest BCUT2D eigenvalue weighted by Gasteiger charge is 2.18. The lowest BCUT2D eigenvalue weighted by molar-refractivity contribution is 0.0678. The molecular formula is C23H30N2O3. The normalized spacial score (nSPS) is 16.3. The van der Waals surface area contributed by atoms with Crippen molar-refractivity contribution in [2.24, 2.45) is 0 Å². The summed E-state index contributed by atoms with van der Waals surface area (Å²) in [5.74, 6) is 0.811. The van der Waals surface area contributed by atoms with Gasteiger partial charge in [0.1, 0.15) is 12.4 Å². The number of benzene rings is 2. The number of hydrogen-bond donors (Lipinski definition) is 0. The molecule has 1 saturated heterocycles. The molecular weight excluding hydrogens is 352 g/mol.